The Morgan fingerprint density at radius 1 is 1.10 bits per heavy atom. The molecule has 7 nitrogen and oxygen atoms in total. The van der Waals surface area contributed by atoms with Gasteiger partial charge in [-0.05, 0) is 37.1 Å². The summed E-state index contributed by atoms with van der Waals surface area (Å²) in [7, 11) is 1.67. The maximum atomic E-state index is 12.9. The summed E-state index contributed by atoms with van der Waals surface area (Å²) in [5, 5.41) is 4.77. The summed E-state index contributed by atoms with van der Waals surface area (Å²) in [6, 6.07) is 8.71. The minimum Gasteiger partial charge on any atom is -0.497 e. The molecule has 0 spiro atoms. The number of carbonyl (C=O) groups excluding carboxylic acids is 1. The highest BCUT2D eigenvalue weighted by Gasteiger charge is 2.30. The number of hydrogen-bond donors (Lipinski definition) is 0. The van der Waals surface area contributed by atoms with Crippen molar-refractivity contribution in [2.45, 2.75) is 38.3 Å². The number of ether oxygens (including phenoxy) is 1. The van der Waals surface area contributed by atoms with Crippen molar-refractivity contribution < 1.29 is 9.53 Å². The SMILES string of the molecule is COc1ccc(-n2cc3c(n2)CCN(CC(=O)N2CCN(C4CCC4)CC2)C3)cc1. The van der Waals surface area contributed by atoms with Gasteiger partial charge in [0.05, 0.1) is 25.0 Å². The lowest BCUT2D eigenvalue weighted by atomic mass is 9.91. The van der Waals surface area contributed by atoms with Crippen molar-refractivity contribution in [2.75, 3.05) is 46.4 Å². The molecular formula is C23H31N5O2. The lowest BCUT2D eigenvalue weighted by Gasteiger charge is -2.43. The molecule has 0 bridgehead atoms. The van der Waals surface area contributed by atoms with Gasteiger partial charge in [-0.15, -0.1) is 0 Å². The molecule has 1 aliphatic carbocycles. The number of piperazine rings is 1. The highest BCUT2D eigenvalue weighted by Crippen LogP contribution is 2.26. The van der Waals surface area contributed by atoms with Crippen LogP contribution in [0.15, 0.2) is 30.5 Å². The molecule has 2 aliphatic heterocycles. The number of rotatable bonds is 5. The van der Waals surface area contributed by atoms with E-state index in [2.05, 4.69) is 20.9 Å². The molecule has 1 amide bonds. The van der Waals surface area contributed by atoms with Crippen LogP contribution >= 0.6 is 0 Å². The number of aromatic nitrogens is 2. The van der Waals surface area contributed by atoms with Crippen molar-refractivity contribution in [3.63, 3.8) is 0 Å². The molecule has 0 N–H and O–H groups in total. The number of nitrogens with zero attached hydrogens (tertiary/aromatic N) is 5. The third-order valence-corrected chi connectivity index (χ3v) is 6.89. The maximum absolute atomic E-state index is 12.9. The Labute approximate surface area is 178 Å². The van der Waals surface area contributed by atoms with E-state index in [1.807, 2.05) is 28.9 Å². The molecule has 2 aromatic rings. The van der Waals surface area contributed by atoms with Gasteiger partial charge in [-0.25, -0.2) is 4.68 Å². The number of benzene rings is 1. The molecule has 5 rings (SSSR count). The molecule has 0 atom stereocenters. The fourth-order valence-electron chi connectivity index (χ4n) is 4.75. The number of fused-ring (bicyclic) bond motifs is 1. The maximum Gasteiger partial charge on any atom is 0.236 e. The summed E-state index contributed by atoms with van der Waals surface area (Å²) in [5.74, 6) is 1.11. The van der Waals surface area contributed by atoms with E-state index in [4.69, 9.17) is 9.84 Å². The van der Waals surface area contributed by atoms with Crippen molar-refractivity contribution in [3.05, 3.63) is 41.7 Å². The van der Waals surface area contributed by atoms with Crippen molar-refractivity contribution in [3.8, 4) is 11.4 Å². The summed E-state index contributed by atoms with van der Waals surface area (Å²) in [4.78, 5) is 19.8. The quantitative estimate of drug-likeness (QED) is 0.756. The van der Waals surface area contributed by atoms with Gasteiger partial charge in [0, 0.05) is 63.5 Å². The Hall–Kier alpha value is -2.38. The van der Waals surface area contributed by atoms with Crippen molar-refractivity contribution >= 4 is 5.91 Å². The lowest BCUT2D eigenvalue weighted by molar-refractivity contribution is -0.135. The molecule has 2 fully saturated rings. The highest BCUT2D eigenvalue weighted by atomic mass is 16.5. The summed E-state index contributed by atoms with van der Waals surface area (Å²) in [5.41, 5.74) is 3.39. The third-order valence-electron chi connectivity index (χ3n) is 6.89. The van der Waals surface area contributed by atoms with Crippen molar-refractivity contribution in [1.82, 2.24) is 24.5 Å². The Morgan fingerprint density at radius 2 is 1.87 bits per heavy atom. The molecule has 0 radical (unpaired) electrons. The van der Waals surface area contributed by atoms with E-state index in [0.717, 1.165) is 68.9 Å². The molecular weight excluding hydrogens is 378 g/mol. The zero-order valence-electron chi connectivity index (χ0n) is 17.8. The molecule has 1 aromatic heterocycles. The van der Waals surface area contributed by atoms with Gasteiger partial charge < -0.3 is 9.64 Å². The van der Waals surface area contributed by atoms with Crippen LogP contribution in [-0.2, 0) is 17.8 Å². The van der Waals surface area contributed by atoms with Gasteiger partial charge in [0.25, 0.3) is 0 Å². The van der Waals surface area contributed by atoms with Crippen LogP contribution in [0.25, 0.3) is 5.69 Å². The van der Waals surface area contributed by atoms with E-state index >= 15 is 0 Å². The lowest BCUT2D eigenvalue weighted by Crippen LogP contribution is -2.55. The van der Waals surface area contributed by atoms with Crippen LogP contribution in [-0.4, -0.2) is 82.8 Å². The van der Waals surface area contributed by atoms with Crippen LogP contribution in [0.1, 0.15) is 30.5 Å². The Balaban J connectivity index is 1.16. The van der Waals surface area contributed by atoms with Crippen LogP contribution in [0.4, 0.5) is 0 Å². The first-order valence-corrected chi connectivity index (χ1v) is 11.2. The zero-order chi connectivity index (χ0) is 20.5. The van der Waals surface area contributed by atoms with E-state index in [9.17, 15) is 4.79 Å². The predicted octanol–water partition coefficient (Wildman–Crippen LogP) is 1.94. The molecule has 7 heteroatoms. The third kappa shape index (κ3) is 3.96. The molecule has 3 aliphatic rings. The molecule has 0 unspecified atom stereocenters. The number of carbonyl (C=O) groups is 1. The largest absolute Gasteiger partial charge is 0.497 e. The van der Waals surface area contributed by atoms with Crippen molar-refractivity contribution in [2.24, 2.45) is 0 Å². The number of amides is 1. The first kappa shape index (κ1) is 19.6. The zero-order valence-corrected chi connectivity index (χ0v) is 17.8. The first-order valence-electron chi connectivity index (χ1n) is 11.2. The van der Waals surface area contributed by atoms with Gasteiger partial charge in [-0.2, -0.15) is 5.10 Å². The fourth-order valence-corrected chi connectivity index (χ4v) is 4.75. The van der Waals surface area contributed by atoms with Crippen LogP contribution < -0.4 is 4.74 Å². The summed E-state index contributed by atoms with van der Waals surface area (Å²) < 4.78 is 7.18. The highest BCUT2D eigenvalue weighted by molar-refractivity contribution is 5.78. The van der Waals surface area contributed by atoms with Crippen LogP contribution in [0.5, 0.6) is 5.75 Å². The number of methoxy groups -OCH3 is 1. The first-order chi connectivity index (χ1) is 14.7. The normalized spacial score (nSPS) is 20.6. The van der Waals surface area contributed by atoms with Gasteiger partial charge in [-0.1, -0.05) is 6.42 Å². The monoisotopic (exact) mass is 409 g/mol. The second-order valence-electron chi connectivity index (χ2n) is 8.71. The summed E-state index contributed by atoms with van der Waals surface area (Å²) >= 11 is 0. The topological polar surface area (TPSA) is 53.8 Å². The summed E-state index contributed by atoms with van der Waals surface area (Å²) in [6.45, 7) is 6.02. The molecule has 160 valence electrons. The molecule has 1 saturated carbocycles. The van der Waals surface area contributed by atoms with E-state index < -0.39 is 0 Å². The Kier molecular flexibility index (Phi) is 5.48. The van der Waals surface area contributed by atoms with E-state index in [1.54, 1.807) is 7.11 Å². The van der Waals surface area contributed by atoms with Gasteiger partial charge >= 0.3 is 0 Å². The van der Waals surface area contributed by atoms with Crippen molar-refractivity contribution in [1.29, 1.82) is 0 Å². The second kappa shape index (κ2) is 8.40. The van der Waals surface area contributed by atoms with Gasteiger partial charge in [-0.3, -0.25) is 14.6 Å². The summed E-state index contributed by atoms with van der Waals surface area (Å²) in [6.07, 6.45) is 7.05. The number of hydrogen-bond acceptors (Lipinski definition) is 5. The van der Waals surface area contributed by atoms with Gasteiger partial charge in [0.15, 0.2) is 0 Å². The smallest absolute Gasteiger partial charge is 0.236 e. The molecule has 3 heterocycles. The Morgan fingerprint density at radius 3 is 2.53 bits per heavy atom. The van der Waals surface area contributed by atoms with E-state index in [0.29, 0.717) is 6.54 Å². The fraction of sp³-hybridized carbons (Fsp3) is 0.565. The Bertz CT molecular complexity index is 881. The van der Waals surface area contributed by atoms with E-state index in [-0.39, 0.29) is 5.91 Å². The van der Waals surface area contributed by atoms with Crippen LogP contribution in [0, 0.1) is 0 Å². The average Bonchev–Trinajstić information content (AvgIpc) is 3.16. The van der Waals surface area contributed by atoms with Gasteiger partial charge in [0.1, 0.15) is 5.75 Å². The standard InChI is InChI=1S/C23H31N5O2/c1-30-21-7-5-20(6-8-21)28-16-18-15-25(10-9-22(18)24-28)17-23(29)27-13-11-26(12-14-27)19-3-2-4-19/h5-8,16,19H,2-4,9-15,17H2,1H3. The molecule has 1 aromatic carbocycles. The predicted molar refractivity (Wildman–Crippen MR) is 115 cm³/mol. The average molecular weight is 410 g/mol. The van der Waals surface area contributed by atoms with E-state index in [1.165, 1.54) is 24.8 Å². The second-order valence-corrected chi connectivity index (χ2v) is 8.71. The minimum atomic E-state index is 0.272. The van der Waals surface area contributed by atoms with Crippen LogP contribution in [0.3, 0.4) is 0 Å². The van der Waals surface area contributed by atoms with Crippen LogP contribution in [0.2, 0.25) is 0 Å². The minimum absolute atomic E-state index is 0.272. The van der Waals surface area contributed by atoms with Gasteiger partial charge in [0.2, 0.25) is 5.91 Å². The molecule has 1 saturated heterocycles. The molecule has 30 heavy (non-hydrogen) atoms.